The van der Waals surface area contributed by atoms with Gasteiger partial charge in [0.2, 0.25) is 5.91 Å². The zero-order valence-electron chi connectivity index (χ0n) is 12.9. The molecule has 1 unspecified atom stereocenters. The van der Waals surface area contributed by atoms with Crippen molar-refractivity contribution >= 4 is 11.9 Å². The van der Waals surface area contributed by atoms with Crippen molar-refractivity contribution in [1.29, 1.82) is 0 Å². The molecular formula is C14H28N4O2. The number of aliphatic imine (C=N–C) groups is 1. The molecule has 116 valence electrons. The van der Waals surface area contributed by atoms with Gasteiger partial charge in [-0.3, -0.25) is 9.79 Å². The van der Waals surface area contributed by atoms with Crippen LogP contribution in [0.15, 0.2) is 4.99 Å². The Hall–Kier alpha value is -1.30. The summed E-state index contributed by atoms with van der Waals surface area (Å²) in [6, 6.07) is 0. The molecule has 0 aromatic rings. The van der Waals surface area contributed by atoms with Crippen LogP contribution in [0.1, 0.15) is 39.5 Å². The summed E-state index contributed by atoms with van der Waals surface area (Å²) in [7, 11) is 1.73. The summed E-state index contributed by atoms with van der Waals surface area (Å²) in [5.41, 5.74) is -0.101. The normalized spacial score (nSPS) is 22.6. The molecule has 6 nitrogen and oxygen atoms in total. The Morgan fingerprint density at radius 2 is 2.10 bits per heavy atom. The summed E-state index contributed by atoms with van der Waals surface area (Å²) in [5.74, 6) is 0.783. The smallest absolute Gasteiger partial charge is 0.221 e. The number of amides is 1. The average Bonchev–Trinajstić information content (AvgIpc) is 2.87. The second-order valence-corrected chi connectivity index (χ2v) is 5.35. The molecule has 1 fully saturated rings. The van der Waals surface area contributed by atoms with E-state index in [1.807, 2.05) is 6.92 Å². The van der Waals surface area contributed by atoms with Gasteiger partial charge in [-0.15, -0.1) is 0 Å². The highest BCUT2D eigenvalue weighted by Crippen LogP contribution is 2.23. The van der Waals surface area contributed by atoms with E-state index in [9.17, 15) is 4.79 Å². The second kappa shape index (κ2) is 8.79. The van der Waals surface area contributed by atoms with Crippen molar-refractivity contribution in [1.82, 2.24) is 16.0 Å². The Morgan fingerprint density at radius 1 is 1.30 bits per heavy atom. The molecule has 0 spiro atoms. The summed E-state index contributed by atoms with van der Waals surface area (Å²) in [6.45, 7) is 7.03. The molecular weight excluding hydrogens is 256 g/mol. The third-order valence-electron chi connectivity index (χ3n) is 3.37. The molecule has 0 saturated carbocycles. The van der Waals surface area contributed by atoms with Crippen molar-refractivity contribution in [2.75, 3.05) is 33.3 Å². The van der Waals surface area contributed by atoms with E-state index >= 15 is 0 Å². The van der Waals surface area contributed by atoms with Gasteiger partial charge in [0.15, 0.2) is 5.96 Å². The molecule has 0 aliphatic carbocycles. The minimum absolute atomic E-state index is 0.0703. The molecule has 20 heavy (non-hydrogen) atoms. The number of hydrogen-bond donors (Lipinski definition) is 3. The summed E-state index contributed by atoms with van der Waals surface area (Å²) >= 11 is 0. The molecule has 0 aromatic heterocycles. The van der Waals surface area contributed by atoms with E-state index in [0.29, 0.717) is 18.9 Å². The Labute approximate surface area is 121 Å². The highest BCUT2D eigenvalue weighted by Gasteiger charge is 2.29. The third-order valence-corrected chi connectivity index (χ3v) is 3.37. The third kappa shape index (κ3) is 6.23. The van der Waals surface area contributed by atoms with E-state index in [1.54, 1.807) is 7.05 Å². The molecule has 0 aromatic carbocycles. The van der Waals surface area contributed by atoms with Crippen molar-refractivity contribution in [3.8, 4) is 0 Å². The first kappa shape index (κ1) is 16.8. The Morgan fingerprint density at radius 3 is 2.70 bits per heavy atom. The summed E-state index contributed by atoms with van der Waals surface area (Å²) < 4.78 is 5.71. The maximum atomic E-state index is 11.5. The minimum Gasteiger partial charge on any atom is -0.373 e. The van der Waals surface area contributed by atoms with Crippen LogP contribution in [0.5, 0.6) is 0 Å². The SMILES string of the molecule is CCCNC(=O)CCNC(=NC)NCC1(C)CCCO1. The number of ether oxygens (including phenoxy) is 1. The summed E-state index contributed by atoms with van der Waals surface area (Å²) in [4.78, 5) is 15.6. The Bertz CT molecular complexity index is 325. The van der Waals surface area contributed by atoms with E-state index in [-0.39, 0.29) is 11.5 Å². The zero-order valence-corrected chi connectivity index (χ0v) is 12.9. The van der Waals surface area contributed by atoms with Crippen LogP contribution >= 0.6 is 0 Å². The fourth-order valence-corrected chi connectivity index (χ4v) is 2.11. The largest absolute Gasteiger partial charge is 0.373 e. The van der Waals surface area contributed by atoms with Crippen molar-refractivity contribution in [3.05, 3.63) is 0 Å². The Balaban J connectivity index is 2.18. The maximum absolute atomic E-state index is 11.5. The van der Waals surface area contributed by atoms with Gasteiger partial charge in [-0.25, -0.2) is 0 Å². The molecule has 1 rings (SSSR count). The first-order valence-corrected chi connectivity index (χ1v) is 7.45. The number of rotatable bonds is 7. The Kier molecular flexibility index (Phi) is 7.36. The minimum atomic E-state index is -0.101. The molecule has 6 heteroatoms. The molecule has 1 aliphatic heterocycles. The van der Waals surface area contributed by atoms with Crippen LogP contribution in [0.2, 0.25) is 0 Å². The van der Waals surface area contributed by atoms with E-state index < -0.39 is 0 Å². The molecule has 1 aliphatic rings. The van der Waals surface area contributed by atoms with Gasteiger partial charge in [-0.2, -0.15) is 0 Å². The molecule has 0 radical (unpaired) electrons. The van der Waals surface area contributed by atoms with E-state index in [0.717, 1.165) is 39.0 Å². The quantitative estimate of drug-likeness (QED) is 0.474. The maximum Gasteiger partial charge on any atom is 0.221 e. The molecule has 1 atom stereocenters. The predicted molar refractivity (Wildman–Crippen MR) is 80.9 cm³/mol. The second-order valence-electron chi connectivity index (χ2n) is 5.35. The van der Waals surface area contributed by atoms with Gasteiger partial charge >= 0.3 is 0 Å². The molecule has 1 heterocycles. The van der Waals surface area contributed by atoms with Crippen molar-refractivity contribution in [3.63, 3.8) is 0 Å². The van der Waals surface area contributed by atoms with Crippen molar-refractivity contribution < 1.29 is 9.53 Å². The number of nitrogens with zero attached hydrogens (tertiary/aromatic N) is 1. The van der Waals surface area contributed by atoms with Crippen LogP contribution in [0.25, 0.3) is 0 Å². The lowest BCUT2D eigenvalue weighted by Crippen LogP contribution is -2.46. The van der Waals surface area contributed by atoms with Gasteiger partial charge in [0.25, 0.3) is 0 Å². The number of carbonyl (C=O) groups excluding carboxylic acids is 1. The van der Waals surface area contributed by atoms with Crippen LogP contribution < -0.4 is 16.0 Å². The molecule has 3 N–H and O–H groups in total. The number of carbonyl (C=O) groups is 1. The lowest BCUT2D eigenvalue weighted by Gasteiger charge is -2.24. The number of nitrogens with one attached hydrogen (secondary N) is 3. The summed E-state index contributed by atoms with van der Waals surface area (Å²) in [6.07, 6.45) is 3.59. The van der Waals surface area contributed by atoms with Gasteiger partial charge < -0.3 is 20.7 Å². The average molecular weight is 284 g/mol. The first-order valence-electron chi connectivity index (χ1n) is 7.45. The van der Waals surface area contributed by atoms with Gasteiger partial charge in [0.05, 0.1) is 5.60 Å². The number of hydrogen-bond acceptors (Lipinski definition) is 3. The molecule has 0 bridgehead atoms. The standard InChI is InChI=1S/C14H28N4O2/c1-4-8-16-12(19)6-9-17-13(15-3)18-11-14(2)7-5-10-20-14/h4-11H2,1-3H3,(H,16,19)(H2,15,17,18). The highest BCUT2D eigenvalue weighted by molar-refractivity contribution is 5.81. The monoisotopic (exact) mass is 284 g/mol. The molecule has 1 saturated heterocycles. The van der Waals surface area contributed by atoms with Crippen LogP contribution in [0, 0.1) is 0 Å². The topological polar surface area (TPSA) is 74.8 Å². The zero-order chi connectivity index (χ0) is 14.8. The van der Waals surface area contributed by atoms with Crippen LogP contribution in [-0.2, 0) is 9.53 Å². The van der Waals surface area contributed by atoms with E-state index in [1.165, 1.54) is 0 Å². The number of guanidine groups is 1. The van der Waals surface area contributed by atoms with Gasteiger partial charge in [0.1, 0.15) is 0 Å². The first-order chi connectivity index (χ1) is 9.59. The fourth-order valence-electron chi connectivity index (χ4n) is 2.11. The van der Waals surface area contributed by atoms with Crippen LogP contribution in [-0.4, -0.2) is 50.8 Å². The fraction of sp³-hybridized carbons (Fsp3) is 0.857. The van der Waals surface area contributed by atoms with Gasteiger partial charge in [-0.05, 0) is 26.2 Å². The van der Waals surface area contributed by atoms with Crippen LogP contribution in [0.4, 0.5) is 0 Å². The lowest BCUT2D eigenvalue weighted by atomic mass is 10.0. The van der Waals surface area contributed by atoms with Crippen molar-refractivity contribution in [2.45, 2.75) is 45.1 Å². The van der Waals surface area contributed by atoms with E-state index in [2.05, 4.69) is 27.9 Å². The van der Waals surface area contributed by atoms with E-state index in [4.69, 9.17) is 4.74 Å². The summed E-state index contributed by atoms with van der Waals surface area (Å²) in [5, 5.41) is 9.24. The highest BCUT2D eigenvalue weighted by atomic mass is 16.5. The van der Waals surface area contributed by atoms with Crippen molar-refractivity contribution in [2.24, 2.45) is 4.99 Å². The van der Waals surface area contributed by atoms with Gasteiger partial charge in [0, 0.05) is 39.7 Å². The van der Waals surface area contributed by atoms with Crippen LogP contribution in [0.3, 0.4) is 0 Å². The predicted octanol–water partition coefficient (Wildman–Crippen LogP) is 0.637. The lowest BCUT2D eigenvalue weighted by molar-refractivity contribution is -0.120. The molecule has 1 amide bonds. The van der Waals surface area contributed by atoms with Gasteiger partial charge in [-0.1, -0.05) is 6.92 Å².